The highest BCUT2D eigenvalue weighted by Gasteiger charge is 2.69. The zero-order valence-corrected chi connectivity index (χ0v) is 17.6. The Morgan fingerprint density at radius 2 is 1.06 bits per heavy atom. The van der Waals surface area contributed by atoms with Gasteiger partial charge in [-0.05, 0) is 43.5 Å². The van der Waals surface area contributed by atoms with Gasteiger partial charge >= 0.3 is 0 Å². The Morgan fingerprint density at radius 1 is 0.667 bits per heavy atom. The lowest BCUT2D eigenvalue weighted by atomic mass is 9.44. The molecule has 4 aromatic rings. The van der Waals surface area contributed by atoms with E-state index < -0.39 is 0 Å². The maximum absolute atomic E-state index is 12.7. The van der Waals surface area contributed by atoms with Crippen LogP contribution in [0.3, 0.4) is 0 Å². The van der Waals surface area contributed by atoms with E-state index in [0.29, 0.717) is 31.0 Å². The number of oxazole rings is 2. The number of aromatic nitrogens is 2. The molecule has 2 N–H and O–H groups in total. The molecule has 0 radical (unpaired) electrons. The SMILES string of the molecule is O=C(NC12CC(NC(=O)c3cnc(-c4ccccc4)o3)(C1)C2)c1cnc(-c2ccccc2)o1. The second-order valence-electron chi connectivity index (χ2n) is 8.79. The first-order chi connectivity index (χ1) is 16.0. The van der Waals surface area contributed by atoms with Gasteiger partial charge in [-0.25, -0.2) is 9.97 Å². The van der Waals surface area contributed by atoms with Gasteiger partial charge in [-0.2, -0.15) is 0 Å². The summed E-state index contributed by atoms with van der Waals surface area (Å²) in [5, 5.41) is 6.09. The smallest absolute Gasteiger partial charge is 0.289 e. The molecule has 0 aliphatic heterocycles. The minimum atomic E-state index is -0.319. The summed E-state index contributed by atoms with van der Waals surface area (Å²) in [6.07, 6.45) is 4.87. The summed E-state index contributed by atoms with van der Waals surface area (Å²) >= 11 is 0. The van der Waals surface area contributed by atoms with Crippen LogP contribution in [0.5, 0.6) is 0 Å². The van der Waals surface area contributed by atoms with Crippen molar-refractivity contribution >= 4 is 11.8 Å². The third-order valence-corrected chi connectivity index (χ3v) is 6.29. The van der Waals surface area contributed by atoms with E-state index in [0.717, 1.165) is 11.1 Å². The lowest BCUT2D eigenvalue weighted by Gasteiger charge is -2.70. The van der Waals surface area contributed by atoms with E-state index in [1.807, 2.05) is 60.7 Å². The molecule has 0 spiro atoms. The lowest BCUT2D eigenvalue weighted by Crippen LogP contribution is -2.83. The first-order valence-electron chi connectivity index (χ1n) is 10.7. The van der Waals surface area contributed by atoms with Crippen LogP contribution in [0.15, 0.2) is 81.9 Å². The van der Waals surface area contributed by atoms with Crippen molar-refractivity contribution in [2.45, 2.75) is 30.3 Å². The van der Waals surface area contributed by atoms with Crippen molar-refractivity contribution in [3.63, 3.8) is 0 Å². The molecule has 0 saturated heterocycles. The first-order valence-corrected chi connectivity index (χ1v) is 10.7. The fourth-order valence-electron chi connectivity index (χ4n) is 4.84. The molecule has 2 heterocycles. The molecule has 3 fully saturated rings. The highest BCUT2D eigenvalue weighted by molar-refractivity contribution is 5.94. The van der Waals surface area contributed by atoms with Crippen LogP contribution in [0, 0.1) is 0 Å². The number of carbonyl (C=O) groups excluding carboxylic acids is 2. The Labute approximate surface area is 189 Å². The van der Waals surface area contributed by atoms with Crippen LogP contribution in [0.25, 0.3) is 22.9 Å². The summed E-state index contributed by atoms with van der Waals surface area (Å²) in [7, 11) is 0. The number of amides is 2. The molecular formula is C25H20N4O4. The molecule has 2 aromatic heterocycles. The lowest BCUT2D eigenvalue weighted by molar-refractivity contribution is -0.0910. The third kappa shape index (κ3) is 3.40. The van der Waals surface area contributed by atoms with Crippen LogP contribution < -0.4 is 10.6 Å². The Kier molecular flexibility index (Phi) is 4.23. The van der Waals surface area contributed by atoms with Crippen LogP contribution in [0.4, 0.5) is 0 Å². The first kappa shape index (κ1) is 19.5. The van der Waals surface area contributed by atoms with Crippen molar-refractivity contribution in [3.05, 3.63) is 84.6 Å². The highest BCUT2D eigenvalue weighted by atomic mass is 16.4. The summed E-state index contributed by atoms with van der Waals surface area (Å²) in [5.41, 5.74) is 0.986. The predicted molar refractivity (Wildman–Crippen MR) is 118 cm³/mol. The van der Waals surface area contributed by atoms with E-state index in [4.69, 9.17) is 8.83 Å². The van der Waals surface area contributed by atoms with Gasteiger partial charge in [0.15, 0.2) is 0 Å². The molecule has 164 valence electrons. The Morgan fingerprint density at radius 3 is 1.45 bits per heavy atom. The minimum absolute atomic E-state index is 0.173. The standard InChI is InChI=1S/C25H20N4O4/c30-20(18-11-26-22(32-18)16-7-3-1-4-8-16)28-24-13-25(14-24,15-24)29-21(31)19-12-27-23(33-19)17-9-5-2-6-10-17/h1-12H,13-15H2,(H,28,30)(H,29,31). The highest BCUT2D eigenvalue weighted by Crippen LogP contribution is 2.60. The van der Waals surface area contributed by atoms with E-state index in [9.17, 15) is 9.59 Å². The van der Waals surface area contributed by atoms with Crippen LogP contribution in [-0.4, -0.2) is 32.9 Å². The van der Waals surface area contributed by atoms with E-state index in [-0.39, 0.29) is 34.4 Å². The molecule has 33 heavy (non-hydrogen) atoms. The number of rotatable bonds is 6. The molecule has 2 amide bonds. The zero-order valence-electron chi connectivity index (χ0n) is 17.6. The monoisotopic (exact) mass is 440 g/mol. The number of nitrogens with zero attached hydrogens (tertiary/aromatic N) is 2. The average Bonchev–Trinajstić information content (AvgIpc) is 3.48. The van der Waals surface area contributed by atoms with Gasteiger partial charge in [0.2, 0.25) is 23.3 Å². The molecule has 2 bridgehead atoms. The number of benzene rings is 2. The van der Waals surface area contributed by atoms with Crippen molar-refractivity contribution in [2.24, 2.45) is 0 Å². The van der Waals surface area contributed by atoms with Gasteiger partial charge in [0.05, 0.1) is 12.4 Å². The largest absolute Gasteiger partial charge is 0.431 e. The second-order valence-corrected chi connectivity index (χ2v) is 8.79. The van der Waals surface area contributed by atoms with Gasteiger partial charge in [-0.15, -0.1) is 0 Å². The average molecular weight is 440 g/mol. The quantitative estimate of drug-likeness (QED) is 0.472. The molecule has 8 nitrogen and oxygen atoms in total. The van der Waals surface area contributed by atoms with Crippen molar-refractivity contribution in [3.8, 4) is 22.9 Å². The van der Waals surface area contributed by atoms with Gasteiger partial charge in [-0.3, -0.25) is 9.59 Å². The van der Waals surface area contributed by atoms with Crippen LogP contribution in [0.1, 0.15) is 40.4 Å². The molecular weight excluding hydrogens is 420 g/mol. The molecule has 3 aliphatic rings. The number of hydrogen-bond acceptors (Lipinski definition) is 6. The van der Waals surface area contributed by atoms with E-state index in [1.165, 1.54) is 12.4 Å². The van der Waals surface area contributed by atoms with Crippen molar-refractivity contribution in [2.75, 3.05) is 0 Å². The van der Waals surface area contributed by atoms with Gasteiger partial charge in [0.1, 0.15) is 0 Å². The fraction of sp³-hybridized carbons (Fsp3) is 0.200. The topological polar surface area (TPSA) is 110 Å². The Balaban J connectivity index is 1.05. The number of nitrogens with one attached hydrogen (secondary N) is 2. The van der Waals surface area contributed by atoms with E-state index >= 15 is 0 Å². The van der Waals surface area contributed by atoms with Gasteiger partial charge in [0.25, 0.3) is 11.8 Å². The van der Waals surface area contributed by atoms with Crippen LogP contribution in [-0.2, 0) is 0 Å². The van der Waals surface area contributed by atoms with Crippen molar-refractivity contribution < 1.29 is 18.4 Å². The summed E-state index contributed by atoms with van der Waals surface area (Å²) in [6.45, 7) is 0. The second kappa shape index (κ2) is 7.16. The number of carbonyl (C=O) groups is 2. The minimum Gasteiger partial charge on any atom is -0.431 e. The maximum atomic E-state index is 12.7. The third-order valence-electron chi connectivity index (χ3n) is 6.29. The maximum Gasteiger partial charge on any atom is 0.289 e. The molecule has 2 aromatic carbocycles. The fourth-order valence-corrected chi connectivity index (χ4v) is 4.84. The Bertz CT molecular complexity index is 1220. The summed E-state index contributed by atoms with van der Waals surface area (Å²) in [6, 6.07) is 18.8. The predicted octanol–water partition coefficient (Wildman–Crippen LogP) is 3.83. The van der Waals surface area contributed by atoms with Crippen molar-refractivity contribution in [1.29, 1.82) is 0 Å². The molecule has 0 unspecified atom stereocenters. The summed E-state index contributed by atoms with van der Waals surface area (Å²) < 4.78 is 11.3. The molecule has 8 heteroatoms. The van der Waals surface area contributed by atoms with Gasteiger partial charge in [-0.1, -0.05) is 36.4 Å². The summed E-state index contributed by atoms with van der Waals surface area (Å²) in [4.78, 5) is 33.7. The molecule has 7 rings (SSSR count). The van der Waals surface area contributed by atoms with Crippen LogP contribution >= 0.6 is 0 Å². The van der Waals surface area contributed by atoms with E-state index in [1.54, 1.807) is 0 Å². The zero-order chi connectivity index (χ0) is 22.5. The van der Waals surface area contributed by atoms with Gasteiger partial charge < -0.3 is 19.5 Å². The Hall–Kier alpha value is -4.20. The van der Waals surface area contributed by atoms with Gasteiger partial charge in [0, 0.05) is 22.2 Å². The van der Waals surface area contributed by atoms with E-state index in [2.05, 4.69) is 20.6 Å². The molecule has 0 atom stereocenters. The normalized spacial score (nSPS) is 22.7. The summed E-state index contributed by atoms with van der Waals surface area (Å²) in [5.74, 6) is 0.561. The van der Waals surface area contributed by atoms with Crippen LogP contribution in [0.2, 0.25) is 0 Å². The van der Waals surface area contributed by atoms with Crippen molar-refractivity contribution in [1.82, 2.24) is 20.6 Å². The number of hydrogen-bond donors (Lipinski definition) is 2. The molecule has 3 saturated carbocycles. The molecule has 3 aliphatic carbocycles.